The first-order chi connectivity index (χ1) is 15.9. The van der Waals surface area contributed by atoms with Gasteiger partial charge in [0, 0.05) is 18.5 Å². The molecule has 33 heavy (non-hydrogen) atoms. The molecule has 1 aliphatic rings. The van der Waals surface area contributed by atoms with Gasteiger partial charge in [0.2, 0.25) is 5.91 Å². The van der Waals surface area contributed by atoms with E-state index in [2.05, 4.69) is 24.4 Å². The molecule has 0 bridgehead atoms. The molecule has 4 atom stereocenters. The lowest BCUT2D eigenvalue weighted by Crippen LogP contribution is -2.32. The number of aliphatic hydroxyl groups excluding tert-OH is 3. The monoisotopic (exact) mass is 453 g/mol. The van der Waals surface area contributed by atoms with Crippen molar-refractivity contribution in [3.05, 3.63) is 96.7 Å². The number of unbranched alkanes of at least 4 members (excludes halogenated alkanes) is 1. The molecule has 5 heteroatoms. The number of carbonyl (C=O) groups excluding carboxylic acids is 1. The van der Waals surface area contributed by atoms with Crippen molar-refractivity contribution in [1.29, 1.82) is 0 Å². The predicted molar refractivity (Wildman–Crippen MR) is 136 cm³/mol. The maximum atomic E-state index is 12.3. The van der Waals surface area contributed by atoms with E-state index < -0.39 is 18.3 Å². The van der Waals surface area contributed by atoms with Gasteiger partial charge in [-0.15, -0.1) is 0 Å². The summed E-state index contributed by atoms with van der Waals surface area (Å²) < 4.78 is 0. The molecule has 0 saturated heterocycles. The highest BCUT2D eigenvalue weighted by Crippen LogP contribution is 2.07. The van der Waals surface area contributed by atoms with Gasteiger partial charge in [-0.3, -0.25) is 4.79 Å². The van der Waals surface area contributed by atoms with Crippen molar-refractivity contribution in [1.82, 2.24) is 5.32 Å². The van der Waals surface area contributed by atoms with Crippen LogP contribution in [0.1, 0.15) is 46.0 Å². The minimum absolute atomic E-state index is 0.00135. The normalized spacial score (nSPS) is 26.1. The van der Waals surface area contributed by atoms with Crippen molar-refractivity contribution >= 4 is 5.91 Å². The fraction of sp³-hybridized carbons (Fsp3) is 0.393. The van der Waals surface area contributed by atoms with Crippen LogP contribution < -0.4 is 5.32 Å². The Morgan fingerprint density at radius 2 is 1.70 bits per heavy atom. The van der Waals surface area contributed by atoms with E-state index in [0.29, 0.717) is 6.42 Å². The van der Waals surface area contributed by atoms with Gasteiger partial charge in [-0.25, -0.2) is 0 Å². The van der Waals surface area contributed by atoms with Crippen molar-refractivity contribution in [3.8, 4) is 0 Å². The number of nitrogens with one attached hydrogen (secondary N) is 1. The van der Waals surface area contributed by atoms with E-state index in [-0.39, 0.29) is 18.4 Å². The van der Waals surface area contributed by atoms with Crippen LogP contribution in [-0.4, -0.2) is 45.6 Å². The molecule has 1 aliphatic heterocycles. The molecule has 0 fully saturated rings. The smallest absolute Gasteiger partial charge is 0.244 e. The van der Waals surface area contributed by atoms with Crippen LogP contribution in [0.5, 0.6) is 0 Å². The van der Waals surface area contributed by atoms with Crippen LogP contribution in [0.15, 0.2) is 96.7 Å². The van der Waals surface area contributed by atoms with Crippen LogP contribution >= 0.6 is 0 Å². The van der Waals surface area contributed by atoms with Crippen LogP contribution in [0.25, 0.3) is 0 Å². The molecular weight excluding hydrogens is 414 g/mol. The van der Waals surface area contributed by atoms with Crippen LogP contribution in [0.2, 0.25) is 0 Å². The van der Waals surface area contributed by atoms with E-state index in [4.69, 9.17) is 0 Å². The minimum atomic E-state index is -1.10. The Hall–Kier alpha value is -2.73. The maximum Gasteiger partial charge on any atom is 0.244 e. The SMILES string of the molecule is CCC/C=C/CC1CC=CC=C(C)C=CC=CC(O)CC(O)C(O)C=CC=CC=CC(=O)N1. The Morgan fingerprint density at radius 1 is 0.970 bits per heavy atom. The van der Waals surface area contributed by atoms with Crippen LogP contribution in [0.3, 0.4) is 0 Å². The summed E-state index contributed by atoms with van der Waals surface area (Å²) in [6.07, 6.45) is 27.3. The van der Waals surface area contributed by atoms with Crippen LogP contribution in [-0.2, 0) is 4.79 Å². The second-order valence-corrected chi connectivity index (χ2v) is 8.01. The molecule has 0 saturated carbocycles. The van der Waals surface area contributed by atoms with Crippen molar-refractivity contribution in [2.75, 3.05) is 0 Å². The van der Waals surface area contributed by atoms with E-state index in [9.17, 15) is 20.1 Å². The molecule has 0 aromatic carbocycles. The second-order valence-electron chi connectivity index (χ2n) is 8.01. The van der Waals surface area contributed by atoms with Gasteiger partial charge in [-0.05, 0) is 26.2 Å². The van der Waals surface area contributed by atoms with E-state index >= 15 is 0 Å². The molecule has 0 spiro atoms. The average Bonchev–Trinajstić information content (AvgIpc) is 2.78. The number of amides is 1. The van der Waals surface area contributed by atoms with Gasteiger partial charge in [0.25, 0.3) is 0 Å². The number of aliphatic hydroxyl groups is 3. The quantitative estimate of drug-likeness (QED) is 0.476. The topological polar surface area (TPSA) is 89.8 Å². The third kappa shape index (κ3) is 14.9. The van der Waals surface area contributed by atoms with E-state index in [1.807, 2.05) is 37.3 Å². The zero-order valence-electron chi connectivity index (χ0n) is 19.8. The van der Waals surface area contributed by atoms with Gasteiger partial charge in [-0.1, -0.05) is 104 Å². The van der Waals surface area contributed by atoms with E-state index in [0.717, 1.165) is 24.8 Å². The number of hydrogen-bond acceptors (Lipinski definition) is 4. The highest BCUT2D eigenvalue weighted by Gasteiger charge is 2.16. The number of allylic oxidation sites excluding steroid dienone is 11. The Labute approximate surface area is 198 Å². The molecule has 4 N–H and O–H groups in total. The minimum Gasteiger partial charge on any atom is -0.390 e. The standard InChI is InChI=1S/C28H39NO4/c1-3-4-5-8-17-24-18-13-11-15-23(2)16-12-14-19-25(30)22-27(32)26(31)20-9-6-7-10-21-28(33)29-24/h5-16,19-21,24-27,30-32H,3-4,17-18,22H2,1-2H3,(H,29,33)/b7-6?,8-5+,13-11?,16-12?,19-14?,20-9?,21-10?,23-15?. The molecule has 4 unspecified atom stereocenters. The predicted octanol–water partition coefficient (Wildman–Crippen LogP) is 4.38. The molecule has 0 aromatic heterocycles. The van der Waals surface area contributed by atoms with Gasteiger partial charge in [0.15, 0.2) is 0 Å². The molecule has 1 rings (SSSR count). The first kappa shape index (κ1) is 28.3. The average molecular weight is 454 g/mol. The van der Waals surface area contributed by atoms with Crippen molar-refractivity contribution in [2.24, 2.45) is 0 Å². The molecule has 1 amide bonds. The van der Waals surface area contributed by atoms with Crippen molar-refractivity contribution in [2.45, 2.75) is 70.3 Å². The highest BCUT2D eigenvalue weighted by atomic mass is 16.3. The summed E-state index contributed by atoms with van der Waals surface area (Å²) in [5, 5.41) is 33.1. The summed E-state index contributed by atoms with van der Waals surface area (Å²) in [5.74, 6) is -0.168. The first-order valence-corrected chi connectivity index (χ1v) is 11.6. The lowest BCUT2D eigenvalue weighted by Gasteiger charge is -2.16. The summed E-state index contributed by atoms with van der Waals surface area (Å²) in [7, 11) is 0. The fourth-order valence-corrected chi connectivity index (χ4v) is 2.97. The molecule has 0 aliphatic carbocycles. The van der Waals surface area contributed by atoms with Gasteiger partial charge < -0.3 is 20.6 Å². The molecule has 0 aromatic rings. The van der Waals surface area contributed by atoms with Gasteiger partial charge in [-0.2, -0.15) is 0 Å². The zero-order valence-corrected chi connectivity index (χ0v) is 19.8. The molecule has 5 nitrogen and oxygen atoms in total. The summed E-state index contributed by atoms with van der Waals surface area (Å²) in [6, 6.07) is -0.00135. The number of rotatable bonds is 4. The van der Waals surface area contributed by atoms with Crippen molar-refractivity contribution in [3.63, 3.8) is 0 Å². The Morgan fingerprint density at radius 3 is 2.48 bits per heavy atom. The zero-order chi connectivity index (χ0) is 24.3. The Balaban J connectivity index is 2.96. The van der Waals surface area contributed by atoms with Gasteiger partial charge in [0.05, 0.1) is 18.3 Å². The second kappa shape index (κ2) is 17.8. The largest absolute Gasteiger partial charge is 0.390 e. The number of carbonyl (C=O) groups is 1. The molecule has 1 heterocycles. The van der Waals surface area contributed by atoms with Crippen LogP contribution in [0, 0.1) is 0 Å². The van der Waals surface area contributed by atoms with Crippen molar-refractivity contribution < 1.29 is 20.1 Å². The first-order valence-electron chi connectivity index (χ1n) is 11.6. The van der Waals surface area contributed by atoms with Crippen LogP contribution in [0.4, 0.5) is 0 Å². The highest BCUT2D eigenvalue weighted by molar-refractivity contribution is 5.88. The lowest BCUT2D eigenvalue weighted by molar-refractivity contribution is -0.117. The van der Waals surface area contributed by atoms with E-state index in [1.165, 1.54) is 12.2 Å². The number of hydrogen-bond donors (Lipinski definition) is 4. The summed E-state index contributed by atoms with van der Waals surface area (Å²) in [4.78, 5) is 12.3. The van der Waals surface area contributed by atoms with E-state index in [1.54, 1.807) is 36.5 Å². The fourth-order valence-electron chi connectivity index (χ4n) is 2.97. The third-order valence-corrected chi connectivity index (χ3v) is 4.87. The van der Waals surface area contributed by atoms with Gasteiger partial charge >= 0.3 is 0 Å². The van der Waals surface area contributed by atoms with Gasteiger partial charge in [0.1, 0.15) is 0 Å². The third-order valence-electron chi connectivity index (χ3n) is 4.87. The summed E-state index contributed by atoms with van der Waals surface area (Å²) in [6.45, 7) is 4.11. The molecule has 180 valence electrons. The lowest BCUT2D eigenvalue weighted by atomic mass is 10.1. The summed E-state index contributed by atoms with van der Waals surface area (Å²) >= 11 is 0. The molecular formula is C28H39NO4. The Kier molecular flexibility index (Phi) is 15.3. The summed E-state index contributed by atoms with van der Waals surface area (Å²) in [5.41, 5.74) is 1.03. The Bertz CT molecular complexity index is 799. The molecule has 0 radical (unpaired) electrons. The maximum absolute atomic E-state index is 12.3.